The third kappa shape index (κ3) is 4.26. The molecule has 0 spiro atoms. The van der Waals surface area contributed by atoms with Crippen LogP contribution in [0.2, 0.25) is 0 Å². The summed E-state index contributed by atoms with van der Waals surface area (Å²) in [5.41, 5.74) is 5.56. The normalized spacial score (nSPS) is 15.3. The number of aryl methyl sites for hydroxylation is 3. The summed E-state index contributed by atoms with van der Waals surface area (Å²) in [5.74, 6) is 0.970. The second kappa shape index (κ2) is 6.78. The summed E-state index contributed by atoms with van der Waals surface area (Å²) in [4.78, 5) is 4.69. The Morgan fingerprint density at radius 1 is 1.20 bits per heavy atom. The molecule has 0 atom stereocenters. The summed E-state index contributed by atoms with van der Waals surface area (Å²) in [6, 6.07) is 5.18. The Balaban J connectivity index is 1.96. The topological polar surface area (TPSA) is 36.4 Å². The second-order valence-corrected chi connectivity index (χ2v) is 5.81. The Labute approximate surface area is 122 Å². The van der Waals surface area contributed by atoms with Gasteiger partial charge in [-0.15, -0.1) is 0 Å². The van der Waals surface area contributed by atoms with Gasteiger partial charge in [-0.25, -0.2) is 0 Å². The zero-order valence-electron chi connectivity index (χ0n) is 13.2. The minimum absolute atomic E-state index is 0.649. The average molecular weight is 273 g/mol. The summed E-state index contributed by atoms with van der Waals surface area (Å²) >= 11 is 0. The highest BCUT2D eigenvalue weighted by molar-refractivity contribution is 5.80. The lowest BCUT2D eigenvalue weighted by Gasteiger charge is -2.12. The lowest BCUT2D eigenvalue weighted by molar-refractivity contribution is 0.806. The monoisotopic (exact) mass is 273 g/mol. The highest BCUT2D eigenvalue weighted by Crippen LogP contribution is 2.19. The van der Waals surface area contributed by atoms with E-state index in [4.69, 9.17) is 0 Å². The van der Waals surface area contributed by atoms with Crippen LogP contribution in [0.25, 0.3) is 0 Å². The Bertz CT molecular complexity index is 464. The molecule has 3 nitrogen and oxygen atoms in total. The smallest absolute Gasteiger partial charge is 0.191 e. The number of guanidine groups is 1. The first-order chi connectivity index (χ1) is 9.60. The molecule has 1 aliphatic carbocycles. The number of hydrogen-bond acceptors (Lipinski definition) is 1. The molecule has 1 aliphatic rings. The molecule has 0 heterocycles. The van der Waals surface area contributed by atoms with E-state index in [-0.39, 0.29) is 0 Å². The number of benzene rings is 1. The van der Waals surface area contributed by atoms with Gasteiger partial charge in [0.25, 0.3) is 0 Å². The van der Waals surface area contributed by atoms with E-state index in [1.165, 1.54) is 35.1 Å². The molecule has 0 radical (unpaired) electrons. The molecule has 1 aromatic carbocycles. The number of nitrogens with zero attached hydrogens (tertiary/aromatic N) is 1. The third-order valence-electron chi connectivity index (χ3n) is 3.73. The molecule has 1 saturated carbocycles. The first-order valence-electron chi connectivity index (χ1n) is 7.71. The molecule has 0 unspecified atom stereocenters. The maximum absolute atomic E-state index is 4.69. The van der Waals surface area contributed by atoms with Crippen molar-refractivity contribution in [3.8, 4) is 0 Å². The van der Waals surface area contributed by atoms with E-state index in [9.17, 15) is 0 Å². The molecule has 1 aromatic rings. The Hall–Kier alpha value is -1.51. The summed E-state index contributed by atoms with van der Waals surface area (Å²) in [6.45, 7) is 10.4. The van der Waals surface area contributed by atoms with E-state index in [1.54, 1.807) is 0 Å². The highest BCUT2D eigenvalue weighted by atomic mass is 15.2. The van der Waals surface area contributed by atoms with Crippen molar-refractivity contribution < 1.29 is 0 Å². The predicted molar refractivity (Wildman–Crippen MR) is 86.5 cm³/mol. The first-order valence-corrected chi connectivity index (χ1v) is 7.71. The lowest BCUT2D eigenvalue weighted by Crippen LogP contribution is -2.38. The van der Waals surface area contributed by atoms with Crippen molar-refractivity contribution in [1.29, 1.82) is 0 Å². The van der Waals surface area contributed by atoms with Gasteiger partial charge in [0.15, 0.2) is 5.96 Å². The summed E-state index contributed by atoms with van der Waals surface area (Å²) in [6.07, 6.45) is 3.57. The first kappa shape index (κ1) is 14.9. The molecule has 0 aromatic heterocycles. The van der Waals surface area contributed by atoms with Crippen LogP contribution < -0.4 is 10.6 Å². The van der Waals surface area contributed by atoms with Crippen LogP contribution >= 0.6 is 0 Å². The van der Waals surface area contributed by atoms with Crippen LogP contribution in [-0.4, -0.2) is 25.1 Å². The summed E-state index contributed by atoms with van der Waals surface area (Å²) in [7, 11) is 0. The van der Waals surface area contributed by atoms with Crippen LogP contribution in [0.4, 0.5) is 0 Å². The van der Waals surface area contributed by atoms with Gasteiger partial charge in [0.05, 0.1) is 0 Å². The fourth-order valence-electron chi connectivity index (χ4n) is 2.62. The van der Waals surface area contributed by atoms with E-state index in [0.717, 1.165) is 25.5 Å². The van der Waals surface area contributed by atoms with Crippen LogP contribution in [0.15, 0.2) is 17.1 Å². The zero-order valence-corrected chi connectivity index (χ0v) is 13.2. The van der Waals surface area contributed by atoms with Crippen LogP contribution in [-0.2, 0) is 6.42 Å². The van der Waals surface area contributed by atoms with E-state index in [2.05, 4.69) is 55.5 Å². The molecule has 0 saturated heterocycles. The molecule has 0 aliphatic heterocycles. The highest BCUT2D eigenvalue weighted by Gasteiger charge is 2.21. The molecular formula is C17H27N3. The minimum Gasteiger partial charge on any atom is -0.357 e. The maximum Gasteiger partial charge on any atom is 0.191 e. The molecular weight excluding hydrogens is 246 g/mol. The average Bonchev–Trinajstić information content (AvgIpc) is 3.16. The van der Waals surface area contributed by atoms with Crippen molar-refractivity contribution in [2.75, 3.05) is 13.1 Å². The molecule has 2 rings (SSSR count). The fourth-order valence-corrected chi connectivity index (χ4v) is 2.62. The van der Waals surface area contributed by atoms with E-state index < -0.39 is 0 Å². The van der Waals surface area contributed by atoms with Crippen molar-refractivity contribution in [1.82, 2.24) is 10.6 Å². The Kier molecular flexibility index (Phi) is 5.05. The van der Waals surface area contributed by atoms with Crippen molar-refractivity contribution in [2.24, 2.45) is 4.99 Å². The second-order valence-electron chi connectivity index (χ2n) is 5.81. The molecule has 1 fully saturated rings. The Morgan fingerprint density at radius 3 is 2.40 bits per heavy atom. The largest absolute Gasteiger partial charge is 0.357 e. The molecule has 20 heavy (non-hydrogen) atoms. The van der Waals surface area contributed by atoms with Gasteiger partial charge in [-0.05, 0) is 63.6 Å². The lowest BCUT2D eigenvalue weighted by atomic mass is 9.97. The van der Waals surface area contributed by atoms with Gasteiger partial charge in [0.2, 0.25) is 0 Å². The molecule has 110 valence electrons. The summed E-state index contributed by atoms with van der Waals surface area (Å²) in [5, 5.41) is 6.77. The molecule has 0 bridgehead atoms. The van der Waals surface area contributed by atoms with Gasteiger partial charge in [0.1, 0.15) is 0 Å². The van der Waals surface area contributed by atoms with Crippen LogP contribution in [0.1, 0.15) is 42.0 Å². The van der Waals surface area contributed by atoms with Gasteiger partial charge >= 0.3 is 0 Å². The van der Waals surface area contributed by atoms with Crippen molar-refractivity contribution in [3.05, 3.63) is 34.4 Å². The van der Waals surface area contributed by atoms with Crippen molar-refractivity contribution in [2.45, 2.75) is 53.0 Å². The third-order valence-corrected chi connectivity index (χ3v) is 3.73. The van der Waals surface area contributed by atoms with Crippen molar-refractivity contribution in [3.63, 3.8) is 0 Å². The number of hydrogen-bond donors (Lipinski definition) is 2. The minimum atomic E-state index is 0.649. The van der Waals surface area contributed by atoms with Crippen LogP contribution in [0, 0.1) is 20.8 Å². The Morgan fingerprint density at radius 2 is 1.85 bits per heavy atom. The molecule has 3 heteroatoms. The van der Waals surface area contributed by atoms with Crippen molar-refractivity contribution >= 4 is 5.96 Å². The SMILES string of the molecule is CCNC(=NCCc1c(C)cc(C)cc1C)NC1CC1. The maximum atomic E-state index is 4.69. The van der Waals surface area contributed by atoms with Gasteiger partial charge < -0.3 is 10.6 Å². The summed E-state index contributed by atoms with van der Waals surface area (Å²) < 4.78 is 0. The van der Waals surface area contributed by atoms with Gasteiger partial charge in [-0.2, -0.15) is 0 Å². The quantitative estimate of drug-likeness (QED) is 0.639. The molecule has 2 N–H and O–H groups in total. The van der Waals surface area contributed by atoms with Gasteiger partial charge in [-0.3, -0.25) is 4.99 Å². The number of rotatable bonds is 5. The van der Waals surface area contributed by atoms with Gasteiger partial charge in [0, 0.05) is 19.1 Å². The van der Waals surface area contributed by atoms with Crippen LogP contribution in [0.5, 0.6) is 0 Å². The molecule has 0 amide bonds. The van der Waals surface area contributed by atoms with Gasteiger partial charge in [-0.1, -0.05) is 17.7 Å². The predicted octanol–water partition coefficient (Wildman–Crippen LogP) is 2.87. The number of nitrogens with one attached hydrogen (secondary N) is 2. The van der Waals surface area contributed by atoms with E-state index in [0.29, 0.717) is 6.04 Å². The zero-order chi connectivity index (χ0) is 14.5. The fraction of sp³-hybridized carbons (Fsp3) is 0.588. The van der Waals surface area contributed by atoms with Crippen LogP contribution in [0.3, 0.4) is 0 Å². The number of aliphatic imine (C=N–C) groups is 1. The van der Waals surface area contributed by atoms with E-state index >= 15 is 0 Å². The standard InChI is InChI=1S/C17H27N3/c1-5-18-17(20-15-6-7-15)19-9-8-16-13(3)10-12(2)11-14(16)4/h10-11,15H,5-9H2,1-4H3,(H2,18,19,20). The van der Waals surface area contributed by atoms with E-state index in [1.807, 2.05) is 0 Å².